The summed E-state index contributed by atoms with van der Waals surface area (Å²) in [5.74, 6) is -0.0397. The second-order valence-corrected chi connectivity index (χ2v) is 12.4. The summed E-state index contributed by atoms with van der Waals surface area (Å²) in [6.45, 7) is 3.89. The van der Waals surface area contributed by atoms with E-state index in [0.29, 0.717) is 12.8 Å². The molecule has 1 N–H and O–H groups in total. The molecule has 5 aliphatic carbocycles. The van der Waals surface area contributed by atoms with Crippen LogP contribution in [0.1, 0.15) is 71.6 Å². The lowest BCUT2D eigenvalue weighted by atomic mass is 9.46. The third-order valence-corrected chi connectivity index (χ3v) is 10.9. The molecule has 9 atom stereocenters. The van der Waals surface area contributed by atoms with Crippen LogP contribution in [0.15, 0.2) is 23.8 Å². The maximum Gasteiger partial charge on any atom is 0.342 e. The zero-order valence-electron chi connectivity index (χ0n) is 21.3. The quantitative estimate of drug-likeness (QED) is 0.590. The molecule has 4 saturated carbocycles. The van der Waals surface area contributed by atoms with E-state index in [2.05, 4.69) is 13.8 Å². The maximum atomic E-state index is 13.8. The van der Waals surface area contributed by atoms with Gasteiger partial charge in [0, 0.05) is 22.7 Å². The van der Waals surface area contributed by atoms with E-state index in [0.717, 1.165) is 44.1 Å². The van der Waals surface area contributed by atoms with Crippen LogP contribution in [0.3, 0.4) is 0 Å². The van der Waals surface area contributed by atoms with Gasteiger partial charge in [-0.3, -0.25) is 4.79 Å². The number of ketones is 1. The van der Waals surface area contributed by atoms with Crippen LogP contribution in [0.25, 0.3) is 0 Å². The lowest BCUT2D eigenvalue weighted by molar-refractivity contribution is -0.221. The smallest absolute Gasteiger partial charge is 0.342 e. The van der Waals surface area contributed by atoms with Crippen LogP contribution in [-0.2, 0) is 23.8 Å². The third kappa shape index (κ3) is 3.20. The van der Waals surface area contributed by atoms with Crippen LogP contribution < -0.4 is 0 Å². The molecule has 3 unspecified atom stereocenters. The van der Waals surface area contributed by atoms with Gasteiger partial charge in [0.25, 0.3) is 0 Å². The molecule has 0 amide bonds. The van der Waals surface area contributed by atoms with Gasteiger partial charge in [-0.15, -0.1) is 0 Å². The maximum absolute atomic E-state index is 13.8. The molecular formula is C29H37NO6. The standard InChI is InChI=1S/C29H37NO6/c1-27-11-10-19(31)14-18(27)8-9-20-21-15-23-29(26(33)34-13-12-30,28(21,2)16-22(32)24(20)27)36-25(35-23)17-6-4-3-5-7-17/h10-11,14,17,20-25,32H,3-9,13,15-16H2,1-2H3/t20?,21?,22-,23+,24?,25+,27-,28-,29-/m0/s1. The van der Waals surface area contributed by atoms with Crippen molar-refractivity contribution in [3.63, 3.8) is 0 Å². The van der Waals surface area contributed by atoms with Crippen molar-refractivity contribution in [3.8, 4) is 6.07 Å². The van der Waals surface area contributed by atoms with Crippen molar-refractivity contribution in [1.29, 1.82) is 5.26 Å². The van der Waals surface area contributed by atoms with Gasteiger partial charge >= 0.3 is 5.97 Å². The Hall–Kier alpha value is -2.01. The van der Waals surface area contributed by atoms with Crippen molar-refractivity contribution in [2.75, 3.05) is 6.61 Å². The summed E-state index contributed by atoms with van der Waals surface area (Å²) in [6.07, 6.45) is 12.1. The second kappa shape index (κ2) is 8.51. The zero-order chi connectivity index (χ0) is 25.3. The number of fused-ring (bicyclic) bond motifs is 7. The van der Waals surface area contributed by atoms with E-state index in [1.807, 2.05) is 12.1 Å². The average Bonchev–Trinajstić information content (AvgIpc) is 3.36. The van der Waals surface area contributed by atoms with Gasteiger partial charge in [0.15, 0.2) is 24.3 Å². The van der Waals surface area contributed by atoms with Gasteiger partial charge in [-0.05, 0) is 62.5 Å². The van der Waals surface area contributed by atoms with Crippen molar-refractivity contribution in [1.82, 2.24) is 0 Å². The van der Waals surface area contributed by atoms with Crippen LogP contribution in [0.5, 0.6) is 0 Å². The van der Waals surface area contributed by atoms with E-state index < -0.39 is 35.5 Å². The number of ether oxygens (including phenoxy) is 3. The first kappa shape index (κ1) is 24.3. The molecule has 0 spiro atoms. The van der Waals surface area contributed by atoms with Crippen LogP contribution in [0.4, 0.5) is 0 Å². The fourth-order valence-electron chi connectivity index (χ4n) is 9.27. The zero-order valence-corrected chi connectivity index (χ0v) is 21.3. The molecule has 194 valence electrons. The summed E-state index contributed by atoms with van der Waals surface area (Å²) >= 11 is 0. The fraction of sp³-hybridized carbons (Fsp3) is 0.759. The number of hydrogen-bond acceptors (Lipinski definition) is 7. The molecule has 36 heavy (non-hydrogen) atoms. The number of aliphatic hydroxyl groups is 1. The number of hydrogen-bond donors (Lipinski definition) is 1. The van der Waals surface area contributed by atoms with Gasteiger partial charge < -0.3 is 19.3 Å². The number of esters is 1. The first-order valence-corrected chi connectivity index (χ1v) is 13.7. The van der Waals surface area contributed by atoms with Gasteiger partial charge in [-0.1, -0.05) is 44.8 Å². The highest BCUT2D eigenvalue weighted by Gasteiger charge is 2.77. The molecule has 6 rings (SSSR count). The van der Waals surface area contributed by atoms with E-state index in [-0.39, 0.29) is 41.5 Å². The normalized spacial score (nSPS) is 47.7. The fourth-order valence-corrected chi connectivity index (χ4v) is 9.27. The molecule has 7 nitrogen and oxygen atoms in total. The van der Waals surface area contributed by atoms with Gasteiger partial charge in [0.05, 0.1) is 6.10 Å². The van der Waals surface area contributed by atoms with Gasteiger partial charge in [0.1, 0.15) is 12.2 Å². The van der Waals surface area contributed by atoms with Gasteiger partial charge in [-0.2, -0.15) is 5.26 Å². The van der Waals surface area contributed by atoms with Crippen molar-refractivity contribution in [3.05, 3.63) is 23.8 Å². The molecule has 0 radical (unpaired) electrons. The van der Waals surface area contributed by atoms with Crippen LogP contribution in [-0.4, -0.2) is 47.6 Å². The number of rotatable bonds is 3. The first-order valence-electron chi connectivity index (χ1n) is 13.7. The van der Waals surface area contributed by atoms with Crippen LogP contribution in [0, 0.1) is 45.8 Å². The Bertz CT molecular complexity index is 1050. The Labute approximate surface area is 212 Å². The van der Waals surface area contributed by atoms with Crippen molar-refractivity contribution in [2.24, 2.45) is 34.5 Å². The highest BCUT2D eigenvalue weighted by Crippen LogP contribution is 2.70. The van der Waals surface area contributed by atoms with E-state index in [4.69, 9.17) is 19.5 Å². The van der Waals surface area contributed by atoms with Crippen molar-refractivity contribution in [2.45, 2.75) is 95.7 Å². The molecule has 0 aromatic heterocycles. The topological polar surface area (TPSA) is 106 Å². The molecule has 0 aromatic carbocycles. The molecule has 7 heteroatoms. The molecule has 1 aliphatic heterocycles. The van der Waals surface area contributed by atoms with Crippen LogP contribution >= 0.6 is 0 Å². The highest BCUT2D eigenvalue weighted by atomic mass is 16.8. The third-order valence-electron chi connectivity index (χ3n) is 10.9. The van der Waals surface area contributed by atoms with E-state index in [1.165, 1.54) is 6.42 Å². The molecule has 5 fully saturated rings. The van der Waals surface area contributed by atoms with Crippen molar-refractivity contribution >= 4 is 11.8 Å². The molecule has 1 heterocycles. The number of nitrogens with zero attached hydrogens (tertiary/aromatic N) is 1. The highest BCUT2D eigenvalue weighted by molar-refractivity contribution is 6.01. The SMILES string of the molecule is C[C@]12C=CC(=O)C=C1CCC1C2[C@@H](O)C[C@@]2(C)C1C[C@H]1O[C@@H](C3CCCCC3)O[C@]12C(=O)OCC#N. The van der Waals surface area contributed by atoms with E-state index in [1.54, 1.807) is 12.2 Å². The van der Waals surface area contributed by atoms with Crippen molar-refractivity contribution < 1.29 is 28.9 Å². The number of allylic oxidation sites excluding steroid dienone is 4. The molecular weight excluding hydrogens is 458 g/mol. The predicted molar refractivity (Wildman–Crippen MR) is 129 cm³/mol. The monoisotopic (exact) mass is 495 g/mol. The predicted octanol–water partition coefficient (Wildman–Crippen LogP) is 4.00. The molecule has 6 aliphatic rings. The minimum atomic E-state index is -1.32. The summed E-state index contributed by atoms with van der Waals surface area (Å²) in [5, 5.41) is 20.9. The Morgan fingerprint density at radius 2 is 2.03 bits per heavy atom. The summed E-state index contributed by atoms with van der Waals surface area (Å²) in [4.78, 5) is 25.9. The van der Waals surface area contributed by atoms with E-state index >= 15 is 0 Å². The first-order chi connectivity index (χ1) is 17.2. The second-order valence-electron chi connectivity index (χ2n) is 12.4. The number of nitriles is 1. The Morgan fingerprint density at radius 3 is 2.78 bits per heavy atom. The summed E-state index contributed by atoms with van der Waals surface area (Å²) in [7, 11) is 0. The average molecular weight is 496 g/mol. The van der Waals surface area contributed by atoms with E-state index in [9.17, 15) is 14.7 Å². The molecule has 0 aromatic rings. The van der Waals surface area contributed by atoms with Gasteiger partial charge in [-0.25, -0.2) is 4.79 Å². The van der Waals surface area contributed by atoms with Crippen LogP contribution in [0.2, 0.25) is 0 Å². The minimum Gasteiger partial charge on any atom is -0.448 e. The summed E-state index contributed by atoms with van der Waals surface area (Å²) in [5.41, 5.74) is -1.28. The number of carbonyl (C=O) groups is 2. The lowest BCUT2D eigenvalue weighted by Crippen LogP contribution is -2.63. The molecule has 0 bridgehead atoms. The Morgan fingerprint density at radius 1 is 1.25 bits per heavy atom. The summed E-state index contributed by atoms with van der Waals surface area (Å²) in [6, 6.07) is 1.92. The Kier molecular flexibility index (Phi) is 5.75. The minimum absolute atomic E-state index is 0.0150. The Balaban J connectivity index is 1.37. The summed E-state index contributed by atoms with van der Waals surface area (Å²) < 4.78 is 18.8. The number of carbonyl (C=O) groups excluding carboxylic acids is 2. The number of aliphatic hydroxyl groups excluding tert-OH is 1. The largest absolute Gasteiger partial charge is 0.448 e. The molecule has 1 saturated heterocycles. The lowest BCUT2D eigenvalue weighted by Gasteiger charge is -2.59. The van der Waals surface area contributed by atoms with Gasteiger partial charge in [0.2, 0.25) is 0 Å².